The zero-order valence-electron chi connectivity index (χ0n) is 15.6. The van der Waals surface area contributed by atoms with Crippen LogP contribution in [-0.4, -0.2) is 44.2 Å². The minimum atomic E-state index is -0.437. The molecule has 2 aromatic rings. The summed E-state index contributed by atoms with van der Waals surface area (Å²) in [6, 6.07) is 11.7. The van der Waals surface area contributed by atoms with Gasteiger partial charge in [-0.3, -0.25) is 9.69 Å². The van der Waals surface area contributed by atoms with Crippen molar-refractivity contribution in [2.45, 2.75) is 19.9 Å². The molecule has 26 heavy (non-hydrogen) atoms. The third-order valence-corrected chi connectivity index (χ3v) is 4.19. The molecule has 140 valence electrons. The molecule has 0 heterocycles. The maximum Gasteiger partial charge on any atom is 0.241 e. The molecule has 0 saturated heterocycles. The molecule has 0 fully saturated rings. The Kier molecular flexibility index (Phi) is 6.97. The molecular weight excluding hydrogens is 335 g/mol. The van der Waals surface area contributed by atoms with E-state index in [1.807, 2.05) is 36.2 Å². The Morgan fingerprint density at radius 3 is 2.58 bits per heavy atom. The summed E-state index contributed by atoms with van der Waals surface area (Å²) in [6.07, 6.45) is 0. The van der Waals surface area contributed by atoms with Gasteiger partial charge in [0, 0.05) is 6.54 Å². The Labute approximate surface area is 153 Å². The second kappa shape index (κ2) is 9.20. The maximum absolute atomic E-state index is 13.9. The highest BCUT2D eigenvalue weighted by Crippen LogP contribution is 2.25. The molecule has 0 aliphatic carbocycles. The summed E-state index contributed by atoms with van der Waals surface area (Å²) in [5, 5.41) is 2.63. The summed E-state index contributed by atoms with van der Waals surface area (Å²) in [5.74, 6) is 0.610. The fourth-order valence-corrected chi connectivity index (χ4v) is 2.39. The predicted octanol–water partition coefficient (Wildman–Crippen LogP) is 3.48. The lowest BCUT2D eigenvalue weighted by Crippen LogP contribution is -2.41. The number of para-hydroxylation sites is 2. The van der Waals surface area contributed by atoms with E-state index in [1.165, 1.54) is 6.07 Å². The number of hydrogen-bond acceptors (Lipinski definition) is 4. The fraction of sp³-hybridized carbons (Fsp3) is 0.350. The summed E-state index contributed by atoms with van der Waals surface area (Å²) < 4.78 is 24.8. The zero-order valence-corrected chi connectivity index (χ0v) is 15.6. The first kappa shape index (κ1) is 19.7. The summed E-state index contributed by atoms with van der Waals surface area (Å²) in [5.41, 5.74) is 0.991. The van der Waals surface area contributed by atoms with Gasteiger partial charge in [-0.2, -0.15) is 0 Å². The van der Waals surface area contributed by atoms with Crippen LogP contribution in [0.1, 0.15) is 12.5 Å². The van der Waals surface area contributed by atoms with E-state index in [2.05, 4.69) is 5.32 Å². The van der Waals surface area contributed by atoms with Crippen molar-refractivity contribution in [2.24, 2.45) is 0 Å². The van der Waals surface area contributed by atoms with Crippen LogP contribution in [0.3, 0.4) is 0 Å². The number of benzene rings is 2. The summed E-state index contributed by atoms with van der Waals surface area (Å²) in [7, 11) is 3.41. The average Bonchev–Trinajstić information content (AvgIpc) is 2.63. The van der Waals surface area contributed by atoms with Gasteiger partial charge in [-0.15, -0.1) is 0 Å². The maximum atomic E-state index is 13.9. The van der Waals surface area contributed by atoms with Crippen molar-refractivity contribution in [1.82, 2.24) is 4.90 Å². The molecule has 0 saturated carbocycles. The van der Waals surface area contributed by atoms with Crippen LogP contribution in [0.25, 0.3) is 0 Å². The first-order chi connectivity index (χ1) is 12.4. The average molecular weight is 360 g/mol. The largest absolute Gasteiger partial charge is 0.493 e. The Morgan fingerprint density at radius 2 is 1.92 bits per heavy atom. The third kappa shape index (κ3) is 5.20. The summed E-state index contributed by atoms with van der Waals surface area (Å²) >= 11 is 0. The van der Waals surface area contributed by atoms with Gasteiger partial charge in [-0.1, -0.05) is 18.2 Å². The topological polar surface area (TPSA) is 50.8 Å². The van der Waals surface area contributed by atoms with Crippen molar-refractivity contribution in [3.8, 4) is 11.5 Å². The first-order valence-electron chi connectivity index (χ1n) is 8.45. The molecule has 0 bridgehead atoms. The number of nitrogens with zero attached hydrogens (tertiary/aromatic N) is 1. The normalized spacial score (nSPS) is 11.9. The van der Waals surface area contributed by atoms with Crippen molar-refractivity contribution in [3.63, 3.8) is 0 Å². The van der Waals surface area contributed by atoms with Crippen LogP contribution in [0, 0.1) is 12.7 Å². The molecule has 1 unspecified atom stereocenters. The molecule has 0 radical (unpaired) electrons. The van der Waals surface area contributed by atoms with E-state index in [0.29, 0.717) is 24.7 Å². The van der Waals surface area contributed by atoms with Crippen molar-refractivity contribution < 1.29 is 18.7 Å². The van der Waals surface area contributed by atoms with E-state index in [0.717, 1.165) is 5.56 Å². The van der Waals surface area contributed by atoms with Crippen molar-refractivity contribution in [3.05, 3.63) is 53.8 Å². The Hall–Kier alpha value is -2.60. The minimum absolute atomic E-state index is 0.186. The number of anilines is 1. The number of rotatable bonds is 8. The molecule has 0 aliphatic heterocycles. The number of carbonyl (C=O) groups excluding carboxylic acids is 1. The smallest absolute Gasteiger partial charge is 0.241 e. The number of amides is 1. The third-order valence-electron chi connectivity index (χ3n) is 4.19. The van der Waals surface area contributed by atoms with Crippen LogP contribution < -0.4 is 14.8 Å². The summed E-state index contributed by atoms with van der Waals surface area (Å²) in [6.45, 7) is 4.49. The van der Waals surface area contributed by atoms with Crippen LogP contribution in [0.4, 0.5) is 10.1 Å². The number of methoxy groups -OCH3 is 1. The van der Waals surface area contributed by atoms with E-state index in [4.69, 9.17) is 9.47 Å². The lowest BCUT2D eigenvalue weighted by molar-refractivity contribution is -0.120. The van der Waals surface area contributed by atoms with Gasteiger partial charge < -0.3 is 14.8 Å². The molecule has 0 aromatic heterocycles. The predicted molar refractivity (Wildman–Crippen MR) is 100 cm³/mol. The van der Waals surface area contributed by atoms with Gasteiger partial charge >= 0.3 is 0 Å². The highest BCUT2D eigenvalue weighted by molar-refractivity contribution is 5.94. The van der Waals surface area contributed by atoms with E-state index in [9.17, 15) is 9.18 Å². The van der Waals surface area contributed by atoms with Crippen LogP contribution in [-0.2, 0) is 4.79 Å². The Morgan fingerprint density at radius 1 is 1.23 bits per heavy atom. The van der Waals surface area contributed by atoms with E-state index < -0.39 is 11.9 Å². The van der Waals surface area contributed by atoms with Crippen LogP contribution in [0.2, 0.25) is 0 Å². The highest BCUT2D eigenvalue weighted by Gasteiger charge is 2.19. The van der Waals surface area contributed by atoms with Crippen molar-refractivity contribution in [1.29, 1.82) is 0 Å². The van der Waals surface area contributed by atoms with Crippen LogP contribution in [0.15, 0.2) is 42.5 Å². The Balaban J connectivity index is 1.86. The molecule has 6 heteroatoms. The first-order valence-corrected chi connectivity index (χ1v) is 8.45. The number of halogens is 1. The van der Waals surface area contributed by atoms with Crippen molar-refractivity contribution >= 4 is 11.6 Å². The zero-order chi connectivity index (χ0) is 19.1. The number of hydrogen-bond donors (Lipinski definition) is 1. The molecular formula is C20H25FN2O3. The van der Waals surface area contributed by atoms with Gasteiger partial charge in [0.15, 0.2) is 11.5 Å². The van der Waals surface area contributed by atoms with Crippen molar-refractivity contribution in [2.75, 3.05) is 32.6 Å². The molecule has 1 atom stereocenters. The minimum Gasteiger partial charge on any atom is -0.493 e. The summed E-state index contributed by atoms with van der Waals surface area (Å²) in [4.78, 5) is 14.2. The van der Waals surface area contributed by atoms with Gasteiger partial charge in [-0.05, 0) is 50.7 Å². The molecule has 1 N–H and O–H groups in total. The second-order valence-corrected chi connectivity index (χ2v) is 6.13. The quantitative estimate of drug-likeness (QED) is 0.783. The number of nitrogens with one attached hydrogen (secondary N) is 1. The molecule has 5 nitrogen and oxygen atoms in total. The highest BCUT2D eigenvalue weighted by atomic mass is 19.1. The monoisotopic (exact) mass is 360 g/mol. The van der Waals surface area contributed by atoms with Gasteiger partial charge in [0.1, 0.15) is 12.4 Å². The standard InChI is InChI=1S/C20H25FN2O3/c1-14-9-10-17(16(21)13-14)22-20(24)15(2)23(3)11-12-26-19-8-6-5-7-18(19)25-4/h5-10,13,15H,11-12H2,1-4H3,(H,22,24). The van der Waals surface area contributed by atoms with Gasteiger partial charge in [0.25, 0.3) is 0 Å². The number of ether oxygens (including phenoxy) is 2. The Bertz CT molecular complexity index is 752. The molecule has 0 aliphatic rings. The lowest BCUT2D eigenvalue weighted by atomic mass is 10.2. The number of likely N-dealkylation sites (N-methyl/N-ethyl adjacent to an activating group) is 1. The van der Waals surface area contributed by atoms with Crippen LogP contribution in [0.5, 0.6) is 11.5 Å². The van der Waals surface area contributed by atoms with Crippen LogP contribution >= 0.6 is 0 Å². The van der Waals surface area contributed by atoms with Gasteiger partial charge in [0.05, 0.1) is 18.8 Å². The SMILES string of the molecule is COc1ccccc1OCCN(C)C(C)C(=O)Nc1ccc(C)cc1F. The second-order valence-electron chi connectivity index (χ2n) is 6.13. The molecule has 2 rings (SSSR count). The number of carbonyl (C=O) groups is 1. The fourth-order valence-electron chi connectivity index (χ4n) is 2.39. The van der Waals surface area contributed by atoms with E-state index >= 15 is 0 Å². The molecule has 1 amide bonds. The lowest BCUT2D eigenvalue weighted by Gasteiger charge is -2.24. The van der Waals surface area contributed by atoms with Gasteiger partial charge in [0.2, 0.25) is 5.91 Å². The number of aryl methyl sites for hydroxylation is 1. The molecule has 0 spiro atoms. The van der Waals surface area contributed by atoms with E-state index in [-0.39, 0.29) is 11.6 Å². The van der Waals surface area contributed by atoms with Gasteiger partial charge in [-0.25, -0.2) is 4.39 Å². The molecule has 2 aromatic carbocycles. The van der Waals surface area contributed by atoms with E-state index in [1.54, 1.807) is 33.1 Å².